The van der Waals surface area contributed by atoms with Gasteiger partial charge in [0.25, 0.3) is 0 Å². The van der Waals surface area contributed by atoms with E-state index in [1.165, 1.54) is 17.3 Å². The van der Waals surface area contributed by atoms with Gasteiger partial charge >= 0.3 is 0 Å². The summed E-state index contributed by atoms with van der Waals surface area (Å²) in [4.78, 5) is 16.8. The minimum absolute atomic E-state index is 0.198. The summed E-state index contributed by atoms with van der Waals surface area (Å²) in [5.74, 6) is 1.64. The lowest BCUT2D eigenvalue weighted by molar-refractivity contribution is -0.130. The van der Waals surface area contributed by atoms with E-state index in [-0.39, 0.29) is 5.91 Å². The summed E-state index contributed by atoms with van der Waals surface area (Å²) in [7, 11) is 0. The summed E-state index contributed by atoms with van der Waals surface area (Å²) in [5, 5.41) is 8.27. The maximum Gasteiger partial charge on any atom is 0.233 e. The molecule has 0 spiro atoms. The molecule has 0 bridgehead atoms. The van der Waals surface area contributed by atoms with Gasteiger partial charge in [-0.2, -0.15) is 0 Å². The van der Waals surface area contributed by atoms with E-state index in [2.05, 4.69) is 46.3 Å². The minimum Gasteiger partial charge on any atom is -0.339 e. The Hall–Kier alpha value is -1.09. The highest BCUT2D eigenvalue weighted by Gasteiger charge is 2.21. The number of piperazine rings is 1. The number of amides is 1. The predicted molar refractivity (Wildman–Crippen MR) is 105 cm³/mol. The molecule has 1 aliphatic rings. The van der Waals surface area contributed by atoms with E-state index in [9.17, 15) is 4.79 Å². The Labute approximate surface area is 161 Å². The van der Waals surface area contributed by atoms with Crippen LogP contribution in [0.5, 0.6) is 0 Å². The highest BCUT2D eigenvalue weighted by atomic mass is 32.2. The SMILES string of the molecule is CCSc1nnc(SCC(=O)N2CCN(Cc3ccccc3)CC2)s1. The van der Waals surface area contributed by atoms with Crippen LogP contribution in [0, 0.1) is 0 Å². The molecule has 2 heterocycles. The van der Waals surface area contributed by atoms with E-state index in [0.29, 0.717) is 5.75 Å². The van der Waals surface area contributed by atoms with Crippen molar-refractivity contribution in [3.63, 3.8) is 0 Å². The van der Waals surface area contributed by atoms with Crippen molar-refractivity contribution >= 4 is 40.8 Å². The lowest BCUT2D eigenvalue weighted by atomic mass is 10.2. The minimum atomic E-state index is 0.198. The molecule has 0 radical (unpaired) electrons. The fraction of sp³-hybridized carbons (Fsp3) is 0.471. The van der Waals surface area contributed by atoms with Crippen molar-refractivity contribution in [2.24, 2.45) is 0 Å². The number of rotatable bonds is 7. The molecule has 1 saturated heterocycles. The molecule has 1 aromatic carbocycles. The zero-order chi connectivity index (χ0) is 17.5. The average molecular weight is 395 g/mol. The molecule has 1 amide bonds. The third-order valence-electron chi connectivity index (χ3n) is 3.95. The number of benzene rings is 1. The fourth-order valence-electron chi connectivity index (χ4n) is 2.65. The van der Waals surface area contributed by atoms with Crippen LogP contribution in [0.2, 0.25) is 0 Å². The molecule has 3 rings (SSSR count). The van der Waals surface area contributed by atoms with Crippen LogP contribution in [-0.4, -0.2) is 63.6 Å². The van der Waals surface area contributed by atoms with Crippen LogP contribution in [0.25, 0.3) is 0 Å². The van der Waals surface area contributed by atoms with Crippen LogP contribution in [0.1, 0.15) is 12.5 Å². The third kappa shape index (κ3) is 5.70. The number of hydrogen-bond acceptors (Lipinski definition) is 7. The smallest absolute Gasteiger partial charge is 0.233 e. The molecule has 1 fully saturated rings. The van der Waals surface area contributed by atoms with Gasteiger partial charge in [0.05, 0.1) is 5.75 Å². The van der Waals surface area contributed by atoms with Crippen molar-refractivity contribution in [2.45, 2.75) is 22.1 Å². The van der Waals surface area contributed by atoms with Crippen molar-refractivity contribution in [1.29, 1.82) is 0 Å². The van der Waals surface area contributed by atoms with Crippen LogP contribution in [0.4, 0.5) is 0 Å². The molecule has 0 saturated carbocycles. The van der Waals surface area contributed by atoms with Gasteiger partial charge in [0.2, 0.25) is 5.91 Å². The molecule has 5 nitrogen and oxygen atoms in total. The van der Waals surface area contributed by atoms with Gasteiger partial charge in [0.1, 0.15) is 0 Å². The fourth-order valence-corrected chi connectivity index (χ4v) is 5.47. The maximum atomic E-state index is 12.4. The Morgan fingerprint density at radius 3 is 2.44 bits per heavy atom. The van der Waals surface area contributed by atoms with Crippen molar-refractivity contribution in [2.75, 3.05) is 37.7 Å². The second-order valence-corrected chi connectivity index (χ2v) is 9.41. The predicted octanol–water partition coefficient (Wildman–Crippen LogP) is 3.09. The number of aromatic nitrogens is 2. The monoisotopic (exact) mass is 394 g/mol. The van der Waals surface area contributed by atoms with Crippen molar-refractivity contribution in [3.8, 4) is 0 Å². The molecule has 134 valence electrons. The Bertz CT molecular complexity index is 672. The standard InChI is InChI=1S/C17H22N4OS3/c1-2-23-16-18-19-17(25-16)24-13-15(22)21-10-8-20(9-11-21)12-14-6-4-3-5-7-14/h3-7H,2,8-13H2,1H3. The second kappa shape index (κ2) is 9.56. The van der Waals surface area contributed by atoms with Crippen LogP contribution in [0.15, 0.2) is 39.0 Å². The van der Waals surface area contributed by atoms with Crippen molar-refractivity contribution in [3.05, 3.63) is 35.9 Å². The van der Waals surface area contributed by atoms with E-state index in [1.54, 1.807) is 23.1 Å². The molecule has 25 heavy (non-hydrogen) atoms. The number of nitrogens with zero attached hydrogens (tertiary/aromatic N) is 4. The lowest BCUT2D eigenvalue weighted by Gasteiger charge is -2.34. The molecule has 0 unspecified atom stereocenters. The first-order valence-electron chi connectivity index (χ1n) is 8.37. The molecule has 1 aromatic heterocycles. The maximum absolute atomic E-state index is 12.4. The summed E-state index contributed by atoms with van der Waals surface area (Å²) < 4.78 is 1.86. The molecule has 0 aliphatic carbocycles. The molecule has 8 heteroatoms. The van der Waals surface area contributed by atoms with Crippen LogP contribution >= 0.6 is 34.9 Å². The summed E-state index contributed by atoms with van der Waals surface area (Å²) in [6, 6.07) is 10.5. The third-order valence-corrected chi connectivity index (χ3v) is 7.01. The summed E-state index contributed by atoms with van der Waals surface area (Å²) in [6.07, 6.45) is 0. The second-order valence-electron chi connectivity index (χ2n) is 5.70. The quantitative estimate of drug-likeness (QED) is 0.673. The zero-order valence-corrected chi connectivity index (χ0v) is 16.7. The summed E-state index contributed by atoms with van der Waals surface area (Å²) in [5.41, 5.74) is 1.33. The number of carbonyl (C=O) groups excluding carboxylic acids is 1. The van der Waals surface area contributed by atoms with Crippen molar-refractivity contribution in [1.82, 2.24) is 20.0 Å². The van der Waals surface area contributed by atoms with Crippen molar-refractivity contribution < 1.29 is 4.79 Å². The van der Waals surface area contributed by atoms with Gasteiger partial charge in [0.15, 0.2) is 8.68 Å². The first kappa shape index (κ1) is 18.7. The number of hydrogen-bond donors (Lipinski definition) is 0. The van der Waals surface area contributed by atoms with Gasteiger partial charge in [-0.15, -0.1) is 10.2 Å². The van der Waals surface area contributed by atoms with Gasteiger partial charge in [-0.3, -0.25) is 9.69 Å². The normalized spacial score (nSPS) is 15.5. The molecule has 1 aliphatic heterocycles. The van der Waals surface area contributed by atoms with Crippen LogP contribution in [-0.2, 0) is 11.3 Å². The molecule has 0 atom stereocenters. The number of thioether (sulfide) groups is 2. The van der Waals surface area contributed by atoms with Gasteiger partial charge < -0.3 is 4.90 Å². The average Bonchev–Trinajstić information content (AvgIpc) is 3.09. The Kier molecular flexibility index (Phi) is 7.15. The van der Waals surface area contributed by atoms with E-state index in [0.717, 1.165) is 47.2 Å². The van der Waals surface area contributed by atoms with Gasteiger partial charge in [0, 0.05) is 32.7 Å². The summed E-state index contributed by atoms with van der Waals surface area (Å²) in [6.45, 7) is 6.53. The lowest BCUT2D eigenvalue weighted by Crippen LogP contribution is -2.48. The van der Waals surface area contributed by atoms with E-state index < -0.39 is 0 Å². The highest BCUT2D eigenvalue weighted by Crippen LogP contribution is 2.28. The van der Waals surface area contributed by atoms with Gasteiger partial charge in [-0.05, 0) is 11.3 Å². The molecular formula is C17H22N4OS3. The number of carbonyl (C=O) groups is 1. The van der Waals surface area contributed by atoms with Gasteiger partial charge in [-0.1, -0.05) is 72.1 Å². The molecule has 2 aromatic rings. The Balaban J connectivity index is 1.40. The first-order chi connectivity index (χ1) is 12.2. The Morgan fingerprint density at radius 2 is 1.76 bits per heavy atom. The summed E-state index contributed by atoms with van der Waals surface area (Å²) >= 11 is 4.76. The highest BCUT2D eigenvalue weighted by molar-refractivity contribution is 8.03. The van der Waals surface area contributed by atoms with E-state index >= 15 is 0 Å². The van der Waals surface area contributed by atoms with Crippen LogP contribution < -0.4 is 0 Å². The van der Waals surface area contributed by atoms with Crippen LogP contribution in [0.3, 0.4) is 0 Å². The van der Waals surface area contributed by atoms with E-state index in [1.807, 2.05) is 11.0 Å². The molecular weight excluding hydrogens is 372 g/mol. The van der Waals surface area contributed by atoms with Gasteiger partial charge in [-0.25, -0.2) is 0 Å². The topological polar surface area (TPSA) is 49.3 Å². The largest absolute Gasteiger partial charge is 0.339 e. The Morgan fingerprint density at radius 1 is 1.08 bits per heavy atom. The zero-order valence-electron chi connectivity index (χ0n) is 14.3. The first-order valence-corrected chi connectivity index (χ1v) is 11.2. The molecule has 0 N–H and O–H groups in total. The van der Waals surface area contributed by atoms with E-state index in [4.69, 9.17) is 0 Å².